The lowest BCUT2D eigenvalue weighted by Crippen LogP contribution is -2.37. The van der Waals surface area contributed by atoms with Gasteiger partial charge >= 0.3 is 11.9 Å². The highest BCUT2D eigenvalue weighted by molar-refractivity contribution is 5.99. The molecule has 0 saturated heterocycles. The molecule has 9 nitrogen and oxygen atoms in total. The third-order valence-electron chi connectivity index (χ3n) is 8.30. The molecule has 0 amide bonds. The Hall–Kier alpha value is -4.47. The summed E-state index contributed by atoms with van der Waals surface area (Å²) in [6.07, 6.45) is 0.922. The second kappa shape index (κ2) is 16.4. The van der Waals surface area contributed by atoms with Crippen molar-refractivity contribution in [1.29, 1.82) is 0 Å². The van der Waals surface area contributed by atoms with E-state index in [0.29, 0.717) is 23.5 Å². The number of nitrogens with one attached hydrogen (secondary N) is 1. The molecule has 1 aliphatic heterocycles. The van der Waals surface area contributed by atoms with Crippen molar-refractivity contribution in [2.75, 3.05) is 33.9 Å². The zero-order valence-electron chi connectivity index (χ0n) is 27.8. The number of dihydropyridines is 1. The van der Waals surface area contributed by atoms with Crippen molar-refractivity contribution in [3.05, 3.63) is 134 Å². The van der Waals surface area contributed by atoms with Gasteiger partial charge in [0.25, 0.3) is 5.69 Å². The summed E-state index contributed by atoms with van der Waals surface area (Å²) in [5.74, 6) is -1.88. The molecule has 4 rings (SSSR count). The van der Waals surface area contributed by atoms with Crippen LogP contribution < -0.4 is 5.32 Å². The fraction of sp³-hybridized carbons (Fsp3) is 0.351. The zero-order valence-corrected chi connectivity index (χ0v) is 28.6. The highest BCUT2D eigenvalue weighted by atomic mass is 35.5. The standard InChI is InChI=1S/C37H43N3O6.ClH/c1-25-32(35(41)45-6)34(29-18-13-19-30(22-29)40(43)44)33(26(2)38-25)36(42)46-24-37(3,4)23-39(5)21-20-31(27-14-9-7-10-15-27)28-16-11-8-12-17-28;/h7-19,22,31,34,38H,20-21,23-24H2,1-6H3;1H. The van der Waals surface area contributed by atoms with E-state index in [4.69, 9.17) is 9.47 Å². The number of nitrogens with zero attached hydrogens (tertiary/aromatic N) is 2. The lowest BCUT2D eigenvalue weighted by molar-refractivity contribution is -0.384. The minimum absolute atomic E-state index is 0. The lowest BCUT2D eigenvalue weighted by atomic mass is 9.80. The molecule has 10 heteroatoms. The third-order valence-corrected chi connectivity index (χ3v) is 8.30. The van der Waals surface area contributed by atoms with E-state index in [2.05, 4.69) is 65.8 Å². The van der Waals surface area contributed by atoms with Crippen molar-refractivity contribution >= 4 is 30.0 Å². The molecule has 0 aliphatic carbocycles. The first-order valence-corrected chi connectivity index (χ1v) is 15.4. The normalized spacial score (nSPS) is 14.9. The molecule has 0 spiro atoms. The molecule has 0 fully saturated rings. The molecule has 0 aromatic heterocycles. The molecule has 1 aliphatic rings. The molecule has 250 valence electrons. The Balaban J connectivity index is 0.00000600. The maximum atomic E-state index is 13.8. The van der Waals surface area contributed by atoms with Gasteiger partial charge in [0.2, 0.25) is 0 Å². The number of halogens is 1. The fourth-order valence-electron chi connectivity index (χ4n) is 6.24. The number of carbonyl (C=O) groups is 2. The average Bonchev–Trinajstić information content (AvgIpc) is 3.04. The van der Waals surface area contributed by atoms with E-state index in [1.807, 2.05) is 26.0 Å². The number of ether oxygens (including phenoxy) is 2. The van der Waals surface area contributed by atoms with Gasteiger partial charge < -0.3 is 19.7 Å². The summed E-state index contributed by atoms with van der Waals surface area (Å²) in [5.41, 5.74) is 3.85. The van der Waals surface area contributed by atoms with Gasteiger partial charge in [0.15, 0.2) is 0 Å². The second-order valence-corrected chi connectivity index (χ2v) is 12.6. The van der Waals surface area contributed by atoms with Gasteiger partial charge in [-0.05, 0) is 50.6 Å². The Kier molecular flexibility index (Phi) is 12.9. The number of allylic oxidation sites excluding steroid dienone is 2. The molecule has 0 bridgehead atoms. The smallest absolute Gasteiger partial charge is 0.336 e. The number of esters is 2. The van der Waals surface area contributed by atoms with Crippen molar-refractivity contribution < 1.29 is 24.0 Å². The zero-order chi connectivity index (χ0) is 33.4. The van der Waals surface area contributed by atoms with Crippen LogP contribution in [0, 0.1) is 15.5 Å². The van der Waals surface area contributed by atoms with Crippen LogP contribution in [0.15, 0.2) is 107 Å². The quantitative estimate of drug-likeness (QED) is 0.117. The van der Waals surface area contributed by atoms with Crippen LogP contribution in [0.25, 0.3) is 0 Å². The molecule has 1 N–H and O–H groups in total. The van der Waals surface area contributed by atoms with E-state index < -0.39 is 28.2 Å². The monoisotopic (exact) mass is 661 g/mol. The van der Waals surface area contributed by atoms with Gasteiger partial charge in [-0.25, -0.2) is 9.59 Å². The molecule has 1 heterocycles. The van der Waals surface area contributed by atoms with E-state index in [-0.39, 0.29) is 41.8 Å². The molecule has 3 aromatic rings. The summed E-state index contributed by atoms with van der Waals surface area (Å²) in [5, 5.41) is 14.7. The van der Waals surface area contributed by atoms with Gasteiger partial charge in [0.1, 0.15) is 0 Å². The van der Waals surface area contributed by atoms with E-state index in [1.54, 1.807) is 19.9 Å². The van der Waals surface area contributed by atoms with Crippen molar-refractivity contribution in [2.45, 2.75) is 46.0 Å². The highest BCUT2D eigenvalue weighted by Gasteiger charge is 2.39. The predicted molar refractivity (Wildman–Crippen MR) is 185 cm³/mol. The van der Waals surface area contributed by atoms with Crippen molar-refractivity contribution in [3.63, 3.8) is 0 Å². The molecule has 1 unspecified atom stereocenters. The Labute approximate surface area is 283 Å². The maximum absolute atomic E-state index is 13.8. The van der Waals surface area contributed by atoms with Crippen LogP contribution in [0.3, 0.4) is 0 Å². The van der Waals surface area contributed by atoms with Crippen LogP contribution >= 0.6 is 12.4 Å². The Bertz CT molecular complexity index is 1580. The Morgan fingerprint density at radius 1 is 0.915 bits per heavy atom. The number of non-ortho nitro benzene ring substituents is 1. The molecule has 0 saturated carbocycles. The van der Waals surface area contributed by atoms with Crippen molar-refractivity contribution in [2.24, 2.45) is 5.41 Å². The summed E-state index contributed by atoms with van der Waals surface area (Å²) in [6, 6.07) is 27.0. The summed E-state index contributed by atoms with van der Waals surface area (Å²) < 4.78 is 11.0. The first kappa shape index (κ1) is 37.0. The first-order valence-electron chi connectivity index (χ1n) is 15.4. The molecule has 0 radical (unpaired) electrons. The largest absolute Gasteiger partial charge is 0.466 e. The number of rotatable bonds is 13. The van der Waals surface area contributed by atoms with E-state index in [9.17, 15) is 19.7 Å². The number of nitro benzene ring substituents is 1. The van der Waals surface area contributed by atoms with Crippen LogP contribution in [0.5, 0.6) is 0 Å². The first-order chi connectivity index (χ1) is 21.9. The third kappa shape index (κ3) is 9.30. The number of hydrogen-bond donors (Lipinski definition) is 1. The molecular formula is C37H44ClN3O6. The summed E-state index contributed by atoms with van der Waals surface area (Å²) in [7, 11) is 3.33. The van der Waals surface area contributed by atoms with Gasteiger partial charge in [-0.1, -0.05) is 86.6 Å². The van der Waals surface area contributed by atoms with Crippen LogP contribution in [-0.4, -0.2) is 55.6 Å². The second-order valence-electron chi connectivity index (χ2n) is 12.6. The van der Waals surface area contributed by atoms with Crippen LogP contribution in [0.1, 0.15) is 62.6 Å². The van der Waals surface area contributed by atoms with Crippen LogP contribution in [0.4, 0.5) is 5.69 Å². The van der Waals surface area contributed by atoms with Crippen molar-refractivity contribution in [3.8, 4) is 0 Å². The minimum Gasteiger partial charge on any atom is -0.466 e. The van der Waals surface area contributed by atoms with E-state index in [0.717, 1.165) is 13.0 Å². The van der Waals surface area contributed by atoms with Gasteiger partial charge in [0.05, 0.1) is 35.7 Å². The number of hydrogen-bond acceptors (Lipinski definition) is 8. The maximum Gasteiger partial charge on any atom is 0.336 e. The van der Waals surface area contributed by atoms with Crippen molar-refractivity contribution in [1.82, 2.24) is 10.2 Å². The summed E-state index contributed by atoms with van der Waals surface area (Å²) in [6.45, 7) is 9.17. The number of benzene rings is 3. The summed E-state index contributed by atoms with van der Waals surface area (Å²) in [4.78, 5) is 40.1. The Morgan fingerprint density at radius 3 is 2.00 bits per heavy atom. The van der Waals surface area contributed by atoms with Crippen LogP contribution in [0.2, 0.25) is 0 Å². The molecular weight excluding hydrogens is 618 g/mol. The van der Waals surface area contributed by atoms with Gasteiger partial charge in [-0.2, -0.15) is 0 Å². The predicted octanol–water partition coefficient (Wildman–Crippen LogP) is 7.15. The topological polar surface area (TPSA) is 111 Å². The van der Waals surface area contributed by atoms with Gasteiger partial charge in [-0.3, -0.25) is 10.1 Å². The van der Waals surface area contributed by atoms with Gasteiger partial charge in [-0.15, -0.1) is 12.4 Å². The molecule has 47 heavy (non-hydrogen) atoms. The van der Waals surface area contributed by atoms with E-state index in [1.165, 1.54) is 36.4 Å². The SMILES string of the molecule is COC(=O)C1=C(C)NC(C)=C(C(=O)OCC(C)(C)CN(C)CCC(c2ccccc2)c2ccccc2)C1c1cccc([N+](=O)[O-])c1.Cl. The van der Waals surface area contributed by atoms with Gasteiger partial charge in [0, 0.05) is 41.4 Å². The average molecular weight is 662 g/mol. The number of nitro groups is 1. The minimum atomic E-state index is -0.903. The molecule has 1 atom stereocenters. The number of methoxy groups -OCH3 is 1. The van der Waals surface area contributed by atoms with Crippen LogP contribution in [-0.2, 0) is 19.1 Å². The molecule has 3 aromatic carbocycles. The van der Waals surface area contributed by atoms with E-state index >= 15 is 0 Å². The fourth-order valence-corrected chi connectivity index (χ4v) is 6.24. The number of carbonyl (C=O) groups excluding carboxylic acids is 2. The highest BCUT2D eigenvalue weighted by Crippen LogP contribution is 2.40. The Morgan fingerprint density at radius 2 is 1.47 bits per heavy atom. The lowest BCUT2D eigenvalue weighted by Gasteiger charge is -2.33. The summed E-state index contributed by atoms with van der Waals surface area (Å²) >= 11 is 0.